The van der Waals surface area contributed by atoms with Gasteiger partial charge in [0.1, 0.15) is 5.82 Å². The Morgan fingerprint density at radius 1 is 1.25 bits per heavy atom. The first-order valence-corrected chi connectivity index (χ1v) is 7.88. The standard InChI is InChI=1S/C17H20N4O3/c1-12-10-13(17(23)24)2-3-14(12)16(22)21-8-6-20(7-9-21)11-15-18-4-5-19-15/h2-5,10H,6-9,11H2,1H3,(H,18,19)(H,23,24). The fourth-order valence-electron chi connectivity index (χ4n) is 2.91. The van der Waals surface area contributed by atoms with Gasteiger partial charge in [0.25, 0.3) is 5.91 Å². The monoisotopic (exact) mass is 328 g/mol. The highest BCUT2D eigenvalue weighted by Gasteiger charge is 2.23. The van der Waals surface area contributed by atoms with Crippen LogP contribution >= 0.6 is 0 Å². The number of imidazole rings is 1. The lowest BCUT2D eigenvalue weighted by Crippen LogP contribution is -2.48. The summed E-state index contributed by atoms with van der Waals surface area (Å²) < 4.78 is 0. The van der Waals surface area contributed by atoms with Crippen LogP contribution in [0.5, 0.6) is 0 Å². The van der Waals surface area contributed by atoms with Gasteiger partial charge in [0.2, 0.25) is 0 Å². The molecule has 0 bridgehead atoms. The van der Waals surface area contributed by atoms with E-state index >= 15 is 0 Å². The van der Waals surface area contributed by atoms with Crippen LogP contribution < -0.4 is 0 Å². The molecular weight excluding hydrogens is 308 g/mol. The number of aryl methyl sites for hydroxylation is 1. The molecule has 126 valence electrons. The van der Waals surface area contributed by atoms with Gasteiger partial charge in [0.15, 0.2) is 0 Å². The summed E-state index contributed by atoms with van der Waals surface area (Å²) in [4.78, 5) is 35.0. The average molecular weight is 328 g/mol. The predicted octanol–water partition coefficient (Wildman–Crippen LogP) is 1.37. The molecule has 7 heteroatoms. The number of hydrogen-bond donors (Lipinski definition) is 2. The van der Waals surface area contributed by atoms with Gasteiger partial charge in [-0.2, -0.15) is 0 Å². The van der Waals surface area contributed by atoms with Gasteiger partial charge >= 0.3 is 5.97 Å². The summed E-state index contributed by atoms with van der Waals surface area (Å²) in [5.74, 6) is -0.0967. The summed E-state index contributed by atoms with van der Waals surface area (Å²) >= 11 is 0. The molecule has 1 fully saturated rings. The highest BCUT2D eigenvalue weighted by molar-refractivity contribution is 5.97. The number of benzene rings is 1. The van der Waals surface area contributed by atoms with Gasteiger partial charge in [-0.05, 0) is 30.7 Å². The van der Waals surface area contributed by atoms with Crippen molar-refractivity contribution in [2.45, 2.75) is 13.5 Å². The number of nitrogens with zero attached hydrogens (tertiary/aromatic N) is 3. The fourth-order valence-corrected chi connectivity index (χ4v) is 2.91. The smallest absolute Gasteiger partial charge is 0.335 e. The molecule has 1 aromatic carbocycles. The minimum Gasteiger partial charge on any atom is -0.478 e. The van der Waals surface area contributed by atoms with Crippen molar-refractivity contribution in [1.29, 1.82) is 0 Å². The van der Waals surface area contributed by atoms with Crippen molar-refractivity contribution in [3.63, 3.8) is 0 Å². The number of carbonyl (C=O) groups is 2. The van der Waals surface area contributed by atoms with Crippen molar-refractivity contribution in [2.75, 3.05) is 26.2 Å². The van der Waals surface area contributed by atoms with Crippen LogP contribution in [0.15, 0.2) is 30.6 Å². The van der Waals surface area contributed by atoms with Crippen LogP contribution in [-0.2, 0) is 6.54 Å². The van der Waals surface area contributed by atoms with Crippen LogP contribution in [0.2, 0.25) is 0 Å². The molecule has 2 aromatic rings. The summed E-state index contributed by atoms with van der Waals surface area (Å²) in [6.45, 7) is 5.41. The van der Waals surface area contributed by atoms with Gasteiger partial charge in [-0.15, -0.1) is 0 Å². The molecule has 1 amide bonds. The van der Waals surface area contributed by atoms with Crippen LogP contribution in [0.3, 0.4) is 0 Å². The van der Waals surface area contributed by atoms with E-state index in [1.54, 1.807) is 31.5 Å². The Labute approximate surface area is 139 Å². The van der Waals surface area contributed by atoms with Crippen molar-refractivity contribution in [1.82, 2.24) is 19.8 Å². The van der Waals surface area contributed by atoms with E-state index in [9.17, 15) is 9.59 Å². The number of amides is 1. The van der Waals surface area contributed by atoms with E-state index in [4.69, 9.17) is 5.11 Å². The molecule has 1 aliphatic heterocycles. The predicted molar refractivity (Wildman–Crippen MR) is 87.9 cm³/mol. The number of aromatic carboxylic acids is 1. The Bertz CT molecular complexity index is 734. The van der Waals surface area contributed by atoms with Gasteiger partial charge in [-0.25, -0.2) is 9.78 Å². The van der Waals surface area contributed by atoms with Crippen LogP contribution in [0.25, 0.3) is 0 Å². The minimum absolute atomic E-state index is 0.0397. The zero-order chi connectivity index (χ0) is 17.1. The summed E-state index contributed by atoms with van der Waals surface area (Å²) in [5.41, 5.74) is 1.46. The van der Waals surface area contributed by atoms with Crippen LogP contribution in [0.4, 0.5) is 0 Å². The third-order valence-electron chi connectivity index (χ3n) is 4.29. The Kier molecular flexibility index (Phi) is 4.61. The number of aromatic nitrogens is 2. The Morgan fingerprint density at radius 2 is 2.00 bits per heavy atom. The maximum atomic E-state index is 12.7. The largest absolute Gasteiger partial charge is 0.478 e. The Balaban J connectivity index is 1.62. The van der Waals surface area contributed by atoms with Crippen molar-refractivity contribution in [3.8, 4) is 0 Å². The Hall–Kier alpha value is -2.67. The number of piperazine rings is 1. The number of rotatable bonds is 4. The SMILES string of the molecule is Cc1cc(C(=O)O)ccc1C(=O)N1CCN(Cc2ncc[nH]2)CC1. The highest BCUT2D eigenvalue weighted by atomic mass is 16.4. The molecule has 24 heavy (non-hydrogen) atoms. The van der Waals surface area contributed by atoms with E-state index in [0.717, 1.165) is 25.5 Å². The lowest BCUT2D eigenvalue weighted by molar-refractivity contribution is 0.0622. The first-order valence-electron chi connectivity index (χ1n) is 7.88. The highest BCUT2D eigenvalue weighted by Crippen LogP contribution is 2.16. The zero-order valence-corrected chi connectivity index (χ0v) is 13.5. The van der Waals surface area contributed by atoms with Crippen molar-refractivity contribution in [2.24, 2.45) is 0 Å². The van der Waals surface area contributed by atoms with Gasteiger partial charge < -0.3 is 15.0 Å². The van der Waals surface area contributed by atoms with Gasteiger partial charge in [0.05, 0.1) is 12.1 Å². The zero-order valence-electron chi connectivity index (χ0n) is 13.5. The quantitative estimate of drug-likeness (QED) is 0.885. The molecule has 0 aliphatic carbocycles. The van der Waals surface area contributed by atoms with Crippen LogP contribution in [0.1, 0.15) is 32.1 Å². The number of carboxylic acid groups (broad SMARTS) is 1. The van der Waals surface area contributed by atoms with E-state index in [2.05, 4.69) is 14.9 Å². The van der Waals surface area contributed by atoms with Crippen LogP contribution in [-0.4, -0.2) is 62.9 Å². The molecule has 0 unspecified atom stereocenters. The minimum atomic E-state index is -0.983. The number of hydrogen-bond acceptors (Lipinski definition) is 4. The number of nitrogens with one attached hydrogen (secondary N) is 1. The van der Waals surface area contributed by atoms with Gasteiger partial charge in [-0.3, -0.25) is 9.69 Å². The topological polar surface area (TPSA) is 89.5 Å². The van der Waals surface area contributed by atoms with E-state index in [1.165, 1.54) is 6.07 Å². The average Bonchev–Trinajstić information content (AvgIpc) is 3.08. The third-order valence-corrected chi connectivity index (χ3v) is 4.29. The van der Waals surface area contributed by atoms with E-state index in [1.807, 2.05) is 4.90 Å². The van der Waals surface area contributed by atoms with E-state index in [-0.39, 0.29) is 11.5 Å². The Morgan fingerprint density at radius 3 is 2.58 bits per heavy atom. The second-order valence-corrected chi connectivity index (χ2v) is 5.94. The molecular formula is C17H20N4O3. The van der Waals surface area contributed by atoms with Crippen molar-refractivity contribution < 1.29 is 14.7 Å². The summed E-state index contributed by atoms with van der Waals surface area (Å²) in [6, 6.07) is 4.63. The number of carbonyl (C=O) groups excluding carboxylic acids is 1. The molecule has 0 radical (unpaired) electrons. The van der Waals surface area contributed by atoms with E-state index < -0.39 is 5.97 Å². The summed E-state index contributed by atoms with van der Waals surface area (Å²) in [7, 11) is 0. The molecule has 1 saturated heterocycles. The molecule has 3 rings (SSSR count). The first kappa shape index (κ1) is 16.2. The molecule has 0 spiro atoms. The van der Waals surface area contributed by atoms with E-state index in [0.29, 0.717) is 24.2 Å². The number of aromatic amines is 1. The summed E-state index contributed by atoms with van der Waals surface area (Å²) in [5, 5.41) is 9.01. The lowest BCUT2D eigenvalue weighted by atomic mass is 10.0. The molecule has 2 heterocycles. The van der Waals surface area contributed by atoms with Crippen molar-refractivity contribution in [3.05, 3.63) is 53.1 Å². The third kappa shape index (κ3) is 3.46. The molecule has 7 nitrogen and oxygen atoms in total. The van der Waals surface area contributed by atoms with Crippen molar-refractivity contribution >= 4 is 11.9 Å². The van der Waals surface area contributed by atoms with Gasteiger partial charge in [0, 0.05) is 44.1 Å². The lowest BCUT2D eigenvalue weighted by Gasteiger charge is -2.34. The second kappa shape index (κ2) is 6.84. The number of H-pyrrole nitrogens is 1. The normalized spacial score (nSPS) is 15.5. The summed E-state index contributed by atoms with van der Waals surface area (Å²) in [6.07, 6.45) is 3.54. The molecule has 1 aromatic heterocycles. The fraction of sp³-hybridized carbons (Fsp3) is 0.353. The molecule has 0 atom stereocenters. The molecule has 2 N–H and O–H groups in total. The molecule has 1 aliphatic rings. The first-order chi connectivity index (χ1) is 11.5. The van der Waals surface area contributed by atoms with Gasteiger partial charge in [-0.1, -0.05) is 0 Å². The molecule has 0 saturated carbocycles. The second-order valence-electron chi connectivity index (χ2n) is 5.94. The number of carboxylic acids is 1. The maximum Gasteiger partial charge on any atom is 0.335 e. The van der Waals surface area contributed by atoms with Crippen LogP contribution in [0, 0.1) is 6.92 Å². The maximum absolute atomic E-state index is 12.7.